The van der Waals surface area contributed by atoms with Crippen LogP contribution in [0, 0.1) is 0 Å². The second kappa shape index (κ2) is 7.19. The third-order valence-corrected chi connectivity index (χ3v) is 2.99. The van der Waals surface area contributed by atoms with Gasteiger partial charge in [-0.1, -0.05) is 18.5 Å². The molecular weight excluding hydrogens is 230 g/mol. The average molecular weight is 253 g/mol. The van der Waals surface area contributed by atoms with E-state index >= 15 is 0 Å². The Bertz CT molecular complexity index is 358. The van der Waals surface area contributed by atoms with Crippen molar-refractivity contribution in [1.82, 2.24) is 0 Å². The molecule has 0 bridgehead atoms. The van der Waals surface area contributed by atoms with Crippen LogP contribution in [0.2, 0.25) is 0 Å². The normalized spacial score (nSPS) is 19.9. The lowest BCUT2D eigenvalue weighted by Crippen LogP contribution is -2.16. The van der Waals surface area contributed by atoms with Crippen LogP contribution >= 0.6 is 0 Å². The molecule has 0 aromatic rings. The van der Waals surface area contributed by atoms with Crippen molar-refractivity contribution in [2.75, 3.05) is 0 Å². The highest BCUT2D eigenvalue weighted by Gasteiger charge is 2.19. The van der Waals surface area contributed by atoms with Crippen molar-refractivity contribution >= 4 is 11.7 Å². The molecule has 0 saturated heterocycles. The van der Waals surface area contributed by atoms with Crippen LogP contribution in [0.25, 0.3) is 0 Å². The van der Waals surface area contributed by atoms with E-state index in [0.717, 1.165) is 49.1 Å². The van der Waals surface area contributed by atoms with E-state index in [1.807, 2.05) is 6.92 Å². The van der Waals surface area contributed by atoms with Crippen molar-refractivity contribution in [3.8, 4) is 0 Å². The molecule has 0 aromatic heterocycles. The fraction of sp³-hybridized carbons (Fsp3) is 0.714. The fourth-order valence-corrected chi connectivity index (χ4v) is 2.04. The zero-order chi connectivity index (χ0) is 13.5. The van der Waals surface area contributed by atoms with Crippen molar-refractivity contribution in [2.24, 2.45) is 5.16 Å². The first-order valence-electron chi connectivity index (χ1n) is 6.65. The average Bonchev–Trinajstić information content (AvgIpc) is 2.30. The van der Waals surface area contributed by atoms with Gasteiger partial charge in [0.15, 0.2) is 0 Å². The van der Waals surface area contributed by atoms with Gasteiger partial charge < -0.3 is 9.57 Å². The number of carbonyl (C=O) groups excluding carboxylic acids is 1. The maximum absolute atomic E-state index is 10.8. The molecule has 0 fully saturated rings. The van der Waals surface area contributed by atoms with E-state index in [1.165, 1.54) is 6.92 Å². The maximum Gasteiger partial charge on any atom is 0.331 e. The Morgan fingerprint density at radius 3 is 2.78 bits per heavy atom. The molecule has 102 valence electrons. The largest absolute Gasteiger partial charge is 0.495 e. The van der Waals surface area contributed by atoms with Crippen LogP contribution in [0.5, 0.6) is 0 Å². The molecule has 0 spiro atoms. The Morgan fingerprint density at radius 2 is 2.17 bits per heavy atom. The highest BCUT2D eigenvalue weighted by molar-refractivity contribution is 6.00. The molecule has 18 heavy (non-hydrogen) atoms. The molecule has 1 unspecified atom stereocenters. The molecule has 0 aliphatic heterocycles. The predicted octanol–water partition coefficient (Wildman–Crippen LogP) is 3.57. The smallest absolute Gasteiger partial charge is 0.331 e. The summed E-state index contributed by atoms with van der Waals surface area (Å²) in [7, 11) is 0. The Labute approximate surface area is 109 Å². The molecule has 4 nitrogen and oxygen atoms in total. The SMILES string of the molecule is CCCC(C)OC1=C(C)C(=NOC(C)=O)CCC1. The molecule has 0 saturated carbocycles. The second-order valence-electron chi connectivity index (χ2n) is 4.74. The van der Waals surface area contributed by atoms with Crippen LogP contribution in [-0.2, 0) is 14.4 Å². The van der Waals surface area contributed by atoms with Gasteiger partial charge in [0.05, 0.1) is 11.8 Å². The Morgan fingerprint density at radius 1 is 1.44 bits per heavy atom. The number of hydrogen-bond acceptors (Lipinski definition) is 4. The van der Waals surface area contributed by atoms with Crippen LogP contribution in [0.3, 0.4) is 0 Å². The summed E-state index contributed by atoms with van der Waals surface area (Å²) in [5, 5.41) is 3.90. The van der Waals surface area contributed by atoms with E-state index in [0.29, 0.717) is 0 Å². The van der Waals surface area contributed by atoms with Gasteiger partial charge in [0.1, 0.15) is 5.76 Å². The quantitative estimate of drug-likeness (QED) is 0.556. The standard InChI is InChI=1S/C14H23NO3/c1-5-7-10(2)17-14-9-6-8-13(11(14)3)15-18-12(4)16/h10H,5-9H2,1-4H3. The summed E-state index contributed by atoms with van der Waals surface area (Å²) < 4.78 is 5.94. The van der Waals surface area contributed by atoms with Crippen molar-refractivity contribution in [2.45, 2.75) is 65.9 Å². The van der Waals surface area contributed by atoms with Crippen molar-refractivity contribution in [1.29, 1.82) is 0 Å². The van der Waals surface area contributed by atoms with Crippen LogP contribution in [-0.4, -0.2) is 17.8 Å². The molecule has 0 heterocycles. The fourth-order valence-electron chi connectivity index (χ4n) is 2.04. The number of nitrogens with zero attached hydrogens (tertiary/aromatic N) is 1. The molecule has 0 radical (unpaired) electrons. The van der Waals surface area contributed by atoms with Gasteiger partial charge in [-0.3, -0.25) is 0 Å². The summed E-state index contributed by atoms with van der Waals surface area (Å²) >= 11 is 0. The predicted molar refractivity (Wildman–Crippen MR) is 71.2 cm³/mol. The summed E-state index contributed by atoms with van der Waals surface area (Å²) in [5.41, 5.74) is 1.85. The first-order chi connectivity index (χ1) is 8.54. The molecule has 1 aliphatic rings. The van der Waals surface area contributed by atoms with Crippen LogP contribution in [0.1, 0.15) is 59.8 Å². The van der Waals surface area contributed by atoms with Gasteiger partial charge in [-0.25, -0.2) is 4.79 Å². The van der Waals surface area contributed by atoms with E-state index in [2.05, 4.69) is 19.0 Å². The lowest BCUT2D eigenvalue weighted by molar-refractivity contribution is -0.140. The summed E-state index contributed by atoms with van der Waals surface area (Å²) in [6.45, 7) is 7.57. The molecular formula is C14H23NO3. The minimum atomic E-state index is -0.386. The summed E-state index contributed by atoms with van der Waals surface area (Å²) in [4.78, 5) is 15.5. The van der Waals surface area contributed by atoms with E-state index in [9.17, 15) is 4.79 Å². The molecule has 1 atom stereocenters. The third kappa shape index (κ3) is 4.51. The van der Waals surface area contributed by atoms with E-state index in [4.69, 9.17) is 9.57 Å². The van der Waals surface area contributed by atoms with E-state index in [-0.39, 0.29) is 12.1 Å². The van der Waals surface area contributed by atoms with E-state index in [1.54, 1.807) is 0 Å². The third-order valence-electron chi connectivity index (χ3n) is 2.99. The summed E-state index contributed by atoms with van der Waals surface area (Å²) in [6.07, 6.45) is 5.17. The number of oxime groups is 1. The van der Waals surface area contributed by atoms with Gasteiger partial charge in [-0.15, -0.1) is 0 Å². The second-order valence-corrected chi connectivity index (χ2v) is 4.74. The van der Waals surface area contributed by atoms with Gasteiger partial charge in [-0.05, 0) is 33.1 Å². The Kier molecular flexibility index (Phi) is 5.89. The molecule has 4 heteroatoms. The minimum Gasteiger partial charge on any atom is -0.495 e. The molecule has 0 aromatic carbocycles. The topological polar surface area (TPSA) is 47.9 Å². The number of ether oxygens (including phenoxy) is 1. The van der Waals surface area contributed by atoms with Crippen LogP contribution < -0.4 is 0 Å². The first kappa shape index (κ1) is 14.7. The molecule has 0 amide bonds. The molecule has 1 aliphatic carbocycles. The van der Waals surface area contributed by atoms with Gasteiger partial charge in [0.2, 0.25) is 0 Å². The molecule has 0 N–H and O–H groups in total. The van der Waals surface area contributed by atoms with Gasteiger partial charge in [0, 0.05) is 18.9 Å². The lowest BCUT2D eigenvalue weighted by atomic mass is 9.96. The Balaban J connectivity index is 2.73. The number of carbonyl (C=O) groups is 1. The number of rotatable bonds is 5. The highest BCUT2D eigenvalue weighted by Crippen LogP contribution is 2.25. The van der Waals surface area contributed by atoms with Crippen molar-refractivity contribution in [3.63, 3.8) is 0 Å². The van der Waals surface area contributed by atoms with Gasteiger partial charge in [-0.2, -0.15) is 0 Å². The van der Waals surface area contributed by atoms with E-state index < -0.39 is 0 Å². The minimum absolute atomic E-state index is 0.230. The highest BCUT2D eigenvalue weighted by atomic mass is 16.7. The monoisotopic (exact) mass is 253 g/mol. The molecule has 1 rings (SSSR count). The maximum atomic E-state index is 10.8. The first-order valence-corrected chi connectivity index (χ1v) is 6.65. The lowest BCUT2D eigenvalue weighted by Gasteiger charge is -2.23. The number of allylic oxidation sites excluding steroid dienone is 2. The zero-order valence-corrected chi connectivity index (χ0v) is 11.8. The Hall–Kier alpha value is -1.32. The zero-order valence-electron chi connectivity index (χ0n) is 11.8. The van der Waals surface area contributed by atoms with Crippen molar-refractivity contribution in [3.05, 3.63) is 11.3 Å². The van der Waals surface area contributed by atoms with Crippen LogP contribution in [0.15, 0.2) is 16.5 Å². The van der Waals surface area contributed by atoms with Gasteiger partial charge >= 0.3 is 5.97 Å². The van der Waals surface area contributed by atoms with Crippen LogP contribution in [0.4, 0.5) is 0 Å². The number of hydrogen-bond donors (Lipinski definition) is 0. The van der Waals surface area contributed by atoms with Gasteiger partial charge in [0.25, 0.3) is 0 Å². The van der Waals surface area contributed by atoms with Crippen molar-refractivity contribution < 1.29 is 14.4 Å². The summed E-state index contributed by atoms with van der Waals surface area (Å²) in [6, 6.07) is 0. The summed E-state index contributed by atoms with van der Waals surface area (Å²) in [5.74, 6) is 0.607.